The highest BCUT2D eigenvalue weighted by atomic mass is 35.5. The molecule has 0 bridgehead atoms. The molecule has 0 spiro atoms. The molecular weight excluding hydrogens is 525 g/mol. The Morgan fingerprint density at radius 3 is 2.29 bits per heavy atom. The summed E-state index contributed by atoms with van der Waals surface area (Å²) in [5, 5.41) is 6.63. The molecular formula is C28H31Cl2N5O3. The maximum atomic E-state index is 14.0. The van der Waals surface area contributed by atoms with Gasteiger partial charge in [-0.25, -0.2) is 9.55 Å². The zero-order valence-corrected chi connectivity index (χ0v) is 23.8. The summed E-state index contributed by atoms with van der Waals surface area (Å²) >= 11 is 12.2. The van der Waals surface area contributed by atoms with Crippen LogP contribution in [0.2, 0.25) is 10.0 Å². The topological polar surface area (TPSA) is 96.3 Å². The van der Waals surface area contributed by atoms with Crippen LogP contribution in [0.5, 0.6) is 0 Å². The number of fused-ring (bicyclic) bond motifs is 1. The number of nitrogens with one attached hydrogen (secondary N) is 2. The van der Waals surface area contributed by atoms with Gasteiger partial charge in [0.25, 0.3) is 17.4 Å². The van der Waals surface area contributed by atoms with E-state index >= 15 is 0 Å². The number of hydrogen-bond acceptors (Lipinski definition) is 5. The summed E-state index contributed by atoms with van der Waals surface area (Å²) in [7, 11) is 1.58. The fraction of sp³-hybridized carbons (Fsp3) is 0.357. The molecule has 0 saturated carbocycles. The minimum absolute atomic E-state index is 0.00610. The number of carbonyl (C=O) groups excluding carboxylic acids is 2. The molecule has 38 heavy (non-hydrogen) atoms. The summed E-state index contributed by atoms with van der Waals surface area (Å²) in [6.45, 7) is 9.78. The lowest BCUT2D eigenvalue weighted by Gasteiger charge is -2.35. The second-order valence-corrected chi connectivity index (χ2v) is 10.8. The van der Waals surface area contributed by atoms with Crippen LogP contribution < -0.4 is 16.2 Å². The van der Waals surface area contributed by atoms with E-state index in [4.69, 9.17) is 28.2 Å². The molecule has 8 nitrogen and oxygen atoms in total. The van der Waals surface area contributed by atoms with Crippen molar-refractivity contribution in [3.05, 3.63) is 84.2 Å². The molecule has 0 unspecified atom stereocenters. The van der Waals surface area contributed by atoms with Crippen LogP contribution in [0, 0.1) is 13.8 Å². The Morgan fingerprint density at radius 2 is 1.71 bits per heavy atom. The molecule has 200 valence electrons. The van der Waals surface area contributed by atoms with Crippen molar-refractivity contribution in [1.82, 2.24) is 19.8 Å². The largest absolute Gasteiger partial charge is 0.355 e. The average molecular weight is 556 g/mol. The third kappa shape index (κ3) is 5.15. The van der Waals surface area contributed by atoms with Crippen molar-refractivity contribution in [2.45, 2.75) is 59.7 Å². The fourth-order valence-corrected chi connectivity index (χ4v) is 5.17. The van der Waals surface area contributed by atoms with Crippen LogP contribution in [-0.4, -0.2) is 45.4 Å². The number of anilines is 1. The summed E-state index contributed by atoms with van der Waals surface area (Å²) in [4.78, 5) is 46.2. The van der Waals surface area contributed by atoms with Gasteiger partial charge in [0.05, 0.1) is 28.0 Å². The molecule has 1 atom stereocenters. The quantitative estimate of drug-likeness (QED) is 0.465. The smallest absolute Gasteiger partial charge is 0.263 e. The number of halogens is 2. The Morgan fingerprint density at radius 1 is 1.05 bits per heavy atom. The summed E-state index contributed by atoms with van der Waals surface area (Å²) in [6, 6.07) is 8.09. The van der Waals surface area contributed by atoms with Crippen LogP contribution in [0.3, 0.4) is 0 Å². The summed E-state index contributed by atoms with van der Waals surface area (Å²) in [6.07, 6.45) is 0.352. The summed E-state index contributed by atoms with van der Waals surface area (Å²) in [5.74, 6) is -0.0126. The zero-order chi connectivity index (χ0) is 27.9. The molecule has 0 saturated heterocycles. The SMILES string of the molecule is CNC(=O)c1cc(C)c(-n2c(NC(C)C)nc3c(c2=O)C[C@@H](C)N(C(=O)c2ccc(Cl)c(Cl)c2)C3)c(C)c1. The Kier molecular flexibility index (Phi) is 7.85. The number of nitrogens with zero attached hydrogens (tertiary/aromatic N) is 3. The lowest BCUT2D eigenvalue weighted by molar-refractivity contribution is 0.0653. The number of rotatable bonds is 5. The number of hydrogen-bond donors (Lipinski definition) is 2. The van der Waals surface area contributed by atoms with Gasteiger partial charge in [-0.1, -0.05) is 23.2 Å². The molecule has 4 rings (SSSR count). The highest BCUT2D eigenvalue weighted by molar-refractivity contribution is 6.42. The Labute approximate surface area is 232 Å². The van der Waals surface area contributed by atoms with Gasteiger partial charge in [0, 0.05) is 35.8 Å². The first-order chi connectivity index (χ1) is 17.9. The molecule has 10 heteroatoms. The van der Waals surface area contributed by atoms with E-state index in [9.17, 15) is 14.4 Å². The van der Waals surface area contributed by atoms with Crippen molar-refractivity contribution in [3.63, 3.8) is 0 Å². The van der Waals surface area contributed by atoms with E-state index in [0.717, 1.165) is 11.1 Å². The third-order valence-corrected chi connectivity index (χ3v) is 7.40. The molecule has 3 aromatic rings. The van der Waals surface area contributed by atoms with Gasteiger partial charge in [0.2, 0.25) is 5.95 Å². The molecule has 1 aliphatic rings. The number of aromatic nitrogens is 2. The lowest BCUT2D eigenvalue weighted by Crippen LogP contribution is -2.46. The molecule has 1 aliphatic heterocycles. The van der Waals surface area contributed by atoms with Crippen molar-refractivity contribution in [1.29, 1.82) is 0 Å². The van der Waals surface area contributed by atoms with Gasteiger partial charge in [-0.2, -0.15) is 0 Å². The standard InChI is InChI=1S/C28H31Cl2N5O3/c1-14(2)32-28-33-23-13-34(26(37)18-7-8-21(29)22(30)12-18)17(5)11-20(23)27(38)35(28)24-15(3)9-19(10-16(24)4)25(36)31-6/h7-10,12,14,17H,11,13H2,1-6H3,(H,31,36)(H,32,33)/t17-/m1/s1. The fourth-order valence-electron chi connectivity index (χ4n) is 4.87. The van der Waals surface area contributed by atoms with Gasteiger partial charge in [-0.3, -0.25) is 14.4 Å². The Hall–Kier alpha value is -3.36. The molecule has 0 radical (unpaired) electrons. The number of benzene rings is 2. The number of carbonyl (C=O) groups is 2. The molecule has 2 aromatic carbocycles. The molecule has 1 aromatic heterocycles. The van der Waals surface area contributed by atoms with Gasteiger partial charge in [-0.05, 0) is 82.5 Å². The van der Waals surface area contributed by atoms with Gasteiger partial charge >= 0.3 is 0 Å². The van der Waals surface area contributed by atoms with Gasteiger partial charge in [0.15, 0.2) is 0 Å². The molecule has 2 N–H and O–H groups in total. The zero-order valence-electron chi connectivity index (χ0n) is 22.3. The molecule has 2 amide bonds. The van der Waals surface area contributed by atoms with Crippen molar-refractivity contribution < 1.29 is 9.59 Å². The predicted molar refractivity (Wildman–Crippen MR) is 151 cm³/mol. The van der Waals surface area contributed by atoms with Crippen LogP contribution in [0.25, 0.3) is 5.69 Å². The van der Waals surface area contributed by atoms with Gasteiger partial charge in [0.1, 0.15) is 0 Å². The summed E-state index contributed by atoms with van der Waals surface area (Å²) < 4.78 is 1.60. The second-order valence-electron chi connectivity index (χ2n) is 9.95. The number of aryl methyl sites for hydroxylation is 2. The Balaban J connectivity index is 1.83. The molecule has 0 fully saturated rings. The van der Waals surface area contributed by atoms with E-state index in [0.29, 0.717) is 50.5 Å². The van der Waals surface area contributed by atoms with E-state index in [2.05, 4.69) is 10.6 Å². The van der Waals surface area contributed by atoms with Gasteiger partial charge in [-0.15, -0.1) is 0 Å². The maximum Gasteiger partial charge on any atom is 0.263 e. The first-order valence-corrected chi connectivity index (χ1v) is 13.2. The van der Waals surface area contributed by atoms with Crippen molar-refractivity contribution >= 4 is 41.0 Å². The third-order valence-electron chi connectivity index (χ3n) is 6.66. The maximum absolute atomic E-state index is 14.0. The average Bonchev–Trinajstić information content (AvgIpc) is 2.85. The van der Waals surface area contributed by atoms with Crippen LogP contribution in [-0.2, 0) is 13.0 Å². The minimum Gasteiger partial charge on any atom is -0.355 e. The first-order valence-electron chi connectivity index (χ1n) is 12.4. The van der Waals surface area contributed by atoms with Crippen molar-refractivity contribution in [3.8, 4) is 5.69 Å². The number of amides is 2. The van der Waals surface area contributed by atoms with Crippen LogP contribution in [0.4, 0.5) is 5.95 Å². The summed E-state index contributed by atoms with van der Waals surface area (Å²) in [5.41, 5.74) is 4.12. The highest BCUT2D eigenvalue weighted by Crippen LogP contribution is 2.29. The van der Waals surface area contributed by atoms with E-state index in [1.165, 1.54) is 0 Å². The van der Waals surface area contributed by atoms with Crippen LogP contribution >= 0.6 is 23.2 Å². The molecule has 0 aliphatic carbocycles. The van der Waals surface area contributed by atoms with Crippen molar-refractivity contribution in [2.75, 3.05) is 12.4 Å². The van der Waals surface area contributed by atoms with Gasteiger partial charge < -0.3 is 15.5 Å². The van der Waals surface area contributed by atoms with Crippen LogP contribution in [0.1, 0.15) is 63.9 Å². The lowest BCUT2D eigenvalue weighted by atomic mass is 9.98. The van der Waals surface area contributed by atoms with Crippen LogP contribution in [0.15, 0.2) is 35.1 Å². The normalized spacial score (nSPS) is 14.9. The minimum atomic E-state index is -0.242. The second kappa shape index (κ2) is 10.8. The van der Waals surface area contributed by atoms with E-state index in [-0.39, 0.29) is 36.0 Å². The van der Waals surface area contributed by atoms with E-state index < -0.39 is 0 Å². The predicted octanol–water partition coefficient (Wildman–Crippen LogP) is 4.92. The monoisotopic (exact) mass is 555 g/mol. The van der Waals surface area contributed by atoms with E-state index in [1.54, 1.807) is 46.8 Å². The highest BCUT2D eigenvalue weighted by Gasteiger charge is 2.32. The van der Waals surface area contributed by atoms with Crippen molar-refractivity contribution in [2.24, 2.45) is 0 Å². The Bertz CT molecular complexity index is 1480. The first kappa shape index (κ1) is 27.7. The van der Waals surface area contributed by atoms with E-state index in [1.807, 2.05) is 34.6 Å². The molecule has 2 heterocycles.